The second-order valence-electron chi connectivity index (χ2n) is 4.66. The molecule has 0 aliphatic carbocycles. The third-order valence-electron chi connectivity index (χ3n) is 2.95. The van der Waals surface area contributed by atoms with Gasteiger partial charge in [0.05, 0.1) is 29.1 Å². The van der Waals surface area contributed by atoms with Crippen LogP contribution in [0.4, 0.5) is 24.7 Å². The van der Waals surface area contributed by atoms with E-state index >= 15 is 0 Å². The van der Waals surface area contributed by atoms with Gasteiger partial charge in [0.15, 0.2) is 0 Å². The standard InChI is InChI=1S/C13H10BrF3N4O3/c14-9-7-20(19-12(9)21(23)24)6-5-11(22)18-10-4-2-1-3-8(10)13(15,16)17/h1-4,7H,5-6H2,(H,18,22). The van der Waals surface area contributed by atoms with Crippen LogP contribution in [-0.4, -0.2) is 20.6 Å². The van der Waals surface area contributed by atoms with Crippen molar-refractivity contribution in [2.45, 2.75) is 19.1 Å². The molecular weight excluding hydrogens is 397 g/mol. The largest absolute Gasteiger partial charge is 0.418 e. The molecule has 1 heterocycles. The van der Waals surface area contributed by atoms with Crippen LogP contribution in [0.5, 0.6) is 0 Å². The summed E-state index contributed by atoms with van der Waals surface area (Å²) < 4.78 is 39.8. The van der Waals surface area contributed by atoms with Gasteiger partial charge in [0.25, 0.3) is 0 Å². The lowest BCUT2D eigenvalue weighted by Gasteiger charge is -2.13. The minimum absolute atomic E-state index is 0.0214. The van der Waals surface area contributed by atoms with Gasteiger partial charge in [-0.1, -0.05) is 12.1 Å². The van der Waals surface area contributed by atoms with Crippen LogP contribution < -0.4 is 5.32 Å². The van der Waals surface area contributed by atoms with Crippen LogP contribution in [0.15, 0.2) is 34.9 Å². The summed E-state index contributed by atoms with van der Waals surface area (Å²) in [6.07, 6.45) is -3.47. The Kier molecular flexibility index (Phi) is 5.22. The van der Waals surface area contributed by atoms with Crippen molar-refractivity contribution in [2.24, 2.45) is 0 Å². The number of anilines is 1. The van der Waals surface area contributed by atoms with Gasteiger partial charge in [-0.15, -0.1) is 0 Å². The Bertz CT molecular complexity index is 776. The van der Waals surface area contributed by atoms with E-state index in [1.807, 2.05) is 0 Å². The molecule has 0 aliphatic rings. The highest BCUT2D eigenvalue weighted by atomic mass is 79.9. The molecule has 0 aliphatic heterocycles. The molecule has 0 fully saturated rings. The molecule has 11 heteroatoms. The van der Waals surface area contributed by atoms with Crippen molar-refractivity contribution < 1.29 is 22.9 Å². The van der Waals surface area contributed by atoms with Crippen molar-refractivity contribution in [1.82, 2.24) is 9.78 Å². The van der Waals surface area contributed by atoms with Crippen molar-refractivity contribution in [1.29, 1.82) is 0 Å². The fourth-order valence-electron chi connectivity index (χ4n) is 1.89. The molecule has 128 valence electrons. The average Bonchev–Trinajstić information content (AvgIpc) is 2.86. The number of hydrogen-bond donors (Lipinski definition) is 1. The van der Waals surface area contributed by atoms with Gasteiger partial charge in [0.1, 0.15) is 4.47 Å². The zero-order chi connectivity index (χ0) is 17.9. The molecule has 0 saturated heterocycles. The molecule has 1 amide bonds. The molecule has 0 atom stereocenters. The first-order valence-electron chi connectivity index (χ1n) is 6.52. The van der Waals surface area contributed by atoms with Crippen molar-refractivity contribution in [3.05, 3.63) is 50.6 Å². The third kappa shape index (κ3) is 4.31. The van der Waals surface area contributed by atoms with Gasteiger partial charge >= 0.3 is 12.0 Å². The number of carbonyl (C=O) groups excluding carboxylic acids is 1. The highest BCUT2D eigenvalue weighted by Gasteiger charge is 2.33. The first-order chi connectivity index (χ1) is 11.2. The number of hydrogen-bond acceptors (Lipinski definition) is 4. The molecule has 0 unspecified atom stereocenters. The van der Waals surface area contributed by atoms with Crippen molar-refractivity contribution in [3.63, 3.8) is 0 Å². The van der Waals surface area contributed by atoms with Crippen LogP contribution in [-0.2, 0) is 17.5 Å². The normalized spacial score (nSPS) is 11.3. The predicted molar refractivity (Wildman–Crippen MR) is 81.3 cm³/mol. The molecule has 1 aromatic carbocycles. The topological polar surface area (TPSA) is 90.1 Å². The lowest BCUT2D eigenvalue weighted by molar-refractivity contribution is -0.390. The van der Waals surface area contributed by atoms with E-state index in [2.05, 4.69) is 26.3 Å². The molecule has 2 rings (SSSR count). The Balaban J connectivity index is 2.02. The number of benzene rings is 1. The van der Waals surface area contributed by atoms with Gasteiger partial charge < -0.3 is 15.4 Å². The van der Waals surface area contributed by atoms with E-state index < -0.39 is 28.4 Å². The molecule has 0 spiro atoms. The van der Waals surface area contributed by atoms with Crippen molar-refractivity contribution in [3.8, 4) is 0 Å². The second-order valence-corrected chi connectivity index (χ2v) is 5.52. The SMILES string of the molecule is O=C(CCn1cc(Br)c([N+](=O)[O-])n1)Nc1ccccc1C(F)(F)F. The van der Waals surface area contributed by atoms with Crippen LogP contribution in [0.25, 0.3) is 0 Å². The summed E-state index contributed by atoms with van der Waals surface area (Å²) in [7, 11) is 0. The number of rotatable bonds is 5. The second kappa shape index (κ2) is 6.99. The molecular formula is C13H10BrF3N4O3. The van der Waals surface area contributed by atoms with Gasteiger partial charge in [-0.25, -0.2) is 0 Å². The fourth-order valence-corrected chi connectivity index (χ4v) is 2.35. The summed E-state index contributed by atoms with van der Waals surface area (Å²) in [5.41, 5.74) is -1.29. The monoisotopic (exact) mass is 406 g/mol. The molecule has 0 saturated carbocycles. The Labute approximate surface area is 141 Å². The van der Waals surface area contributed by atoms with Gasteiger partial charge in [-0.3, -0.25) is 4.79 Å². The summed E-state index contributed by atoms with van der Waals surface area (Å²) in [5.74, 6) is -1.07. The highest BCUT2D eigenvalue weighted by molar-refractivity contribution is 9.10. The number of aromatic nitrogens is 2. The Morgan fingerprint density at radius 1 is 1.38 bits per heavy atom. The van der Waals surface area contributed by atoms with E-state index in [4.69, 9.17) is 0 Å². The maximum atomic E-state index is 12.8. The summed E-state index contributed by atoms with van der Waals surface area (Å²) in [4.78, 5) is 21.8. The fraction of sp³-hybridized carbons (Fsp3) is 0.231. The quantitative estimate of drug-likeness (QED) is 0.606. The molecule has 1 aromatic heterocycles. The van der Waals surface area contributed by atoms with E-state index in [0.717, 1.165) is 16.8 Å². The average molecular weight is 407 g/mol. The maximum absolute atomic E-state index is 12.8. The number of para-hydroxylation sites is 1. The highest BCUT2D eigenvalue weighted by Crippen LogP contribution is 2.34. The number of amides is 1. The minimum Gasteiger partial charge on any atom is -0.358 e. The number of carbonyl (C=O) groups is 1. The minimum atomic E-state index is -4.59. The first-order valence-corrected chi connectivity index (χ1v) is 7.31. The smallest absolute Gasteiger partial charge is 0.358 e. The number of alkyl halides is 3. The van der Waals surface area contributed by atoms with Gasteiger partial charge in [0.2, 0.25) is 5.91 Å². The Morgan fingerprint density at radius 2 is 2.04 bits per heavy atom. The van der Waals surface area contributed by atoms with E-state index in [1.165, 1.54) is 18.3 Å². The summed E-state index contributed by atoms with van der Waals surface area (Å²) in [5, 5.41) is 16.5. The van der Waals surface area contributed by atoms with E-state index in [1.54, 1.807) is 0 Å². The lowest BCUT2D eigenvalue weighted by atomic mass is 10.1. The zero-order valence-electron chi connectivity index (χ0n) is 11.9. The molecule has 1 N–H and O–H groups in total. The number of nitrogens with zero attached hydrogens (tertiary/aromatic N) is 3. The first kappa shape index (κ1) is 17.9. The van der Waals surface area contributed by atoms with Crippen LogP contribution in [0.2, 0.25) is 0 Å². The molecule has 0 bridgehead atoms. The summed E-state index contributed by atoms with van der Waals surface area (Å²) in [6.45, 7) is -0.0214. The Hall–Kier alpha value is -2.43. The summed E-state index contributed by atoms with van der Waals surface area (Å²) in [6, 6.07) is 4.61. The number of nitrogens with one attached hydrogen (secondary N) is 1. The van der Waals surface area contributed by atoms with Crippen molar-refractivity contribution in [2.75, 3.05) is 5.32 Å². The Morgan fingerprint density at radius 3 is 2.62 bits per heavy atom. The predicted octanol–water partition coefficient (Wildman–Crippen LogP) is 3.60. The number of nitro groups is 1. The molecule has 2 aromatic rings. The van der Waals surface area contributed by atoms with E-state index in [0.29, 0.717) is 0 Å². The van der Waals surface area contributed by atoms with Gasteiger partial charge in [-0.05, 0) is 33.0 Å². The van der Waals surface area contributed by atoms with Crippen LogP contribution in [0.3, 0.4) is 0 Å². The van der Waals surface area contributed by atoms with Crippen LogP contribution >= 0.6 is 15.9 Å². The number of aryl methyl sites for hydroxylation is 1. The maximum Gasteiger partial charge on any atom is 0.418 e. The number of halogens is 4. The lowest BCUT2D eigenvalue weighted by Crippen LogP contribution is -2.18. The summed E-state index contributed by atoms with van der Waals surface area (Å²) >= 11 is 2.96. The molecule has 7 nitrogen and oxygen atoms in total. The molecule has 0 radical (unpaired) electrons. The zero-order valence-corrected chi connectivity index (χ0v) is 13.5. The third-order valence-corrected chi connectivity index (χ3v) is 3.51. The van der Waals surface area contributed by atoms with Crippen LogP contribution in [0, 0.1) is 10.1 Å². The van der Waals surface area contributed by atoms with Crippen molar-refractivity contribution >= 4 is 33.3 Å². The van der Waals surface area contributed by atoms with E-state index in [-0.39, 0.29) is 23.1 Å². The van der Waals surface area contributed by atoms with E-state index in [9.17, 15) is 28.1 Å². The van der Waals surface area contributed by atoms with Gasteiger partial charge in [-0.2, -0.15) is 17.9 Å². The molecule has 24 heavy (non-hydrogen) atoms. The van der Waals surface area contributed by atoms with Gasteiger partial charge in [0, 0.05) is 6.42 Å². The van der Waals surface area contributed by atoms with Crippen LogP contribution in [0.1, 0.15) is 12.0 Å².